The molecule has 0 fully saturated rings. The Bertz CT molecular complexity index is 1340. The Morgan fingerprint density at radius 3 is 2.38 bits per heavy atom. The third-order valence-corrected chi connectivity index (χ3v) is 5.71. The third kappa shape index (κ3) is 6.69. The number of ether oxygens (including phenoxy) is 2. The van der Waals surface area contributed by atoms with Gasteiger partial charge < -0.3 is 14.4 Å². The second kappa shape index (κ2) is 12.6. The lowest BCUT2D eigenvalue weighted by atomic mass is 9.96. The van der Waals surface area contributed by atoms with E-state index < -0.39 is 11.9 Å². The molecule has 0 radical (unpaired) electrons. The first-order valence-electron chi connectivity index (χ1n) is 12.0. The molecule has 0 bridgehead atoms. The standard InChI is InChI=1S/C28H32N4O5/c1-6-9-24-23(26(34)32(17-25(33)36-4)28(30-24)29-18-31(2)3)16-19-12-14-20(15-13-19)21-10-7-8-11-22(21)27(35)37-5/h7-8,10-15,18H,6,9,16-17H2,1-5H3/b29-18+. The second-order valence-corrected chi connectivity index (χ2v) is 8.67. The van der Waals surface area contributed by atoms with Gasteiger partial charge in [-0.2, -0.15) is 0 Å². The Balaban J connectivity index is 2.04. The number of nitrogens with zero attached hydrogens (tertiary/aromatic N) is 4. The molecule has 0 N–H and O–H groups in total. The monoisotopic (exact) mass is 504 g/mol. The molecule has 0 spiro atoms. The number of aliphatic imine (C=N–C) groups is 1. The van der Waals surface area contributed by atoms with E-state index in [-0.39, 0.29) is 18.1 Å². The highest BCUT2D eigenvalue weighted by Gasteiger charge is 2.19. The smallest absolute Gasteiger partial charge is 0.338 e. The summed E-state index contributed by atoms with van der Waals surface area (Å²) in [7, 11) is 6.24. The van der Waals surface area contributed by atoms with Gasteiger partial charge in [-0.25, -0.2) is 14.8 Å². The zero-order chi connectivity index (χ0) is 26.9. The molecule has 0 aliphatic rings. The number of carbonyl (C=O) groups excluding carboxylic acids is 2. The minimum Gasteiger partial charge on any atom is -0.468 e. The van der Waals surface area contributed by atoms with Crippen molar-refractivity contribution in [1.29, 1.82) is 0 Å². The molecular formula is C28H32N4O5. The van der Waals surface area contributed by atoms with Gasteiger partial charge in [0.25, 0.3) is 5.56 Å². The highest BCUT2D eigenvalue weighted by molar-refractivity contribution is 5.97. The van der Waals surface area contributed by atoms with Gasteiger partial charge in [0.15, 0.2) is 0 Å². The molecule has 0 aliphatic carbocycles. The van der Waals surface area contributed by atoms with Gasteiger partial charge in [0, 0.05) is 26.1 Å². The number of aromatic nitrogens is 2. The van der Waals surface area contributed by atoms with Crippen molar-refractivity contribution in [3.05, 3.63) is 81.3 Å². The molecule has 1 aromatic heterocycles. The molecule has 2 aromatic carbocycles. The molecule has 3 rings (SSSR count). The summed E-state index contributed by atoms with van der Waals surface area (Å²) in [6, 6.07) is 14.9. The third-order valence-electron chi connectivity index (χ3n) is 5.71. The first-order valence-corrected chi connectivity index (χ1v) is 12.0. The lowest BCUT2D eigenvalue weighted by Crippen LogP contribution is -2.30. The van der Waals surface area contributed by atoms with E-state index in [9.17, 15) is 14.4 Å². The van der Waals surface area contributed by atoms with Gasteiger partial charge in [0.05, 0.1) is 31.8 Å². The van der Waals surface area contributed by atoms with Crippen molar-refractivity contribution in [2.75, 3.05) is 28.3 Å². The van der Waals surface area contributed by atoms with E-state index in [4.69, 9.17) is 9.47 Å². The van der Waals surface area contributed by atoms with Crippen molar-refractivity contribution < 1.29 is 19.1 Å². The number of methoxy groups -OCH3 is 2. The van der Waals surface area contributed by atoms with Crippen molar-refractivity contribution in [2.24, 2.45) is 4.99 Å². The number of esters is 2. The van der Waals surface area contributed by atoms with E-state index in [0.717, 1.165) is 23.1 Å². The van der Waals surface area contributed by atoms with Crippen LogP contribution in [-0.2, 0) is 33.7 Å². The van der Waals surface area contributed by atoms with Crippen LogP contribution in [0.1, 0.15) is 40.5 Å². The Hall–Kier alpha value is -4.27. The molecule has 0 atom stereocenters. The van der Waals surface area contributed by atoms with Crippen molar-refractivity contribution in [1.82, 2.24) is 14.5 Å². The lowest BCUT2D eigenvalue weighted by Gasteiger charge is -2.15. The van der Waals surface area contributed by atoms with Crippen LogP contribution < -0.4 is 5.56 Å². The van der Waals surface area contributed by atoms with Crippen LogP contribution in [0.5, 0.6) is 0 Å². The molecule has 0 aliphatic heterocycles. The van der Waals surface area contributed by atoms with Gasteiger partial charge in [0.2, 0.25) is 5.95 Å². The average Bonchev–Trinajstić information content (AvgIpc) is 2.91. The summed E-state index contributed by atoms with van der Waals surface area (Å²) in [5.41, 5.74) is 3.83. The molecule has 0 saturated heterocycles. The molecule has 3 aromatic rings. The summed E-state index contributed by atoms with van der Waals surface area (Å²) in [5.74, 6) is -0.808. The molecule has 37 heavy (non-hydrogen) atoms. The van der Waals surface area contributed by atoms with Gasteiger partial charge in [0.1, 0.15) is 6.54 Å². The van der Waals surface area contributed by atoms with Crippen LogP contribution in [0.3, 0.4) is 0 Å². The number of carbonyl (C=O) groups is 2. The molecule has 194 valence electrons. The van der Waals surface area contributed by atoms with Crippen LogP contribution >= 0.6 is 0 Å². The van der Waals surface area contributed by atoms with Crippen LogP contribution in [0, 0.1) is 0 Å². The predicted molar refractivity (Wildman–Crippen MR) is 142 cm³/mol. The number of hydrogen-bond acceptors (Lipinski definition) is 7. The van der Waals surface area contributed by atoms with Crippen molar-refractivity contribution in [3.8, 4) is 11.1 Å². The molecule has 9 heteroatoms. The van der Waals surface area contributed by atoms with Crippen LogP contribution in [0.2, 0.25) is 0 Å². The van der Waals surface area contributed by atoms with Gasteiger partial charge in [-0.05, 0) is 29.2 Å². The quantitative estimate of drug-likeness (QED) is 0.236. The largest absolute Gasteiger partial charge is 0.468 e. The molecule has 0 saturated carbocycles. The fourth-order valence-electron chi connectivity index (χ4n) is 3.88. The molecule has 0 unspecified atom stereocenters. The maximum Gasteiger partial charge on any atom is 0.338 e. The van der Waals surface area contributed by atoms with E-state index in [1.807, 2.05) is 43.3 Å². The van der Waals surface area contributed by atoms with Gasteiger partial charge >= 0.3 is 11.9 Å². The van der Waals surface area contributed by atoms with E-state index in [0.29, 0.717) is 29.7 Å². The topological polar surface area (TPSA) is 103 Å². The summed E-state index contributed by atoms with van der Waals surface area (Å²) < 4.78 is 11.0. The SMILES string of the molecule is CCCc1nc(/N=C/N(C)C)n(CC(=O)OC)c(=O)c1Cc1ccc(-c2ccccc2C(=O)OC)cc1. The Morgan fingerprint density at radius 1 is 1.05 bits per heavy atom. The maximum atomic E-state index is 13.6. The summed E-state index contributed by atoms with van der Waals surface area (Å²) in [4.78, 5) is 48.6. The average molecular weight is 505 g/mol. The van der Waals surface area contributed by atoms with E-state index in [1.54, 1.807) is 31.1 Å². The van der Waals surface area contributed by atoms with Gasteiger partial charge in [-0.1, -0.05) is 55.8 Å². The van der Waals surface area contributed by atoms with Gasteiger partial charge in [-0.3, -0.25) is 14.2 Å². The summed E-state index contributed by atoms with van der Waals surface area (Å²) in [5, 5.41) is 0. The first-order chi connectivity index (χ1) is 17.8. The zero-order valence-corrected chi connectivity index (χ0v) is 21.9. The normalized spacial score (nSPS) is 10.9. The Labute approximate surface area is 216 Å². The summed E-state index contributed by atoms with van der Waals surface area (Å²) in [6.45, 7) is 1.73. The molecule has 9 nitrogen and oxygen atoms in total. The van der Waals surface area contributed by atoms with E-state index >= 15 is 0 Å². The van der Waals surface area contributed by atoms with Crippen molar-refractivity contribution >= 4 is 24.2 Å². The first kappa shape index (κ1) is 27.3. The minimum atomic E-state index is -0.562. The Kier molecular flexibility index (Phi) is 9.32. The maximum absolute atomic E-state index is 13.6. The second-order valence-electron chi connectivity index (χ2n) is 8.67. The van der Waals surface area contributed by atoms with Crippen molar-refractivity contribution in [2.45, 2.75) is 32.7 Å². The highest BCUT2D eigenvalue weighted by atomic mass is 16.5. The molecule has 0 amide bonds. The predicted octanol–water partition coefficient (Wildman–Crippen LogP) is 3.63. The van der Waals surface area contributed by atoms with E-state index in [1.165, 1.54) is 25.1 Å². The fourth-order valence-corrected chi connectivity index (χ4v) is 3.88. The van der Waals surface area contributed by atoms with E-state index in [2.05, 4.69) is 9.98 Å². The zero-order valence-electron chi connectivity index (χ0n) is 21.9. The minimum absolute atomic E-state index is 0.158. The lowest BCUT2D eigenvalue weighted by molar-refractivity contribution is -0.141. The summed E-state index contributed by atoms with van der Waals surface area (Å²) in [6.07, 6.45) is 3.26. The van der Waals surface area contributed by atoms with Crippen LogP contribution in [0.15, 0.2) is 58.3 Å². The number of hydrogen-bond donors (Lipinski definition) is 0. The number of aryl methyl sites for hydroxylation is 1. The fraction of sp³-hybridized carbons (Fsp3) is 0.321. The van der Waals surface area contributed by atoms with Crippen LogP contribution in [0.25, 0.3) is 11.1 Å². The van der Waals surface area contributed by atoms with Crippen molar-refractivity contribution in [3.63, 3.8) is 0 Å². The van der Waals surface area contributed by atoms with Crippen LogP contribution in [-0.4, -0.2) is 61.0 Å². The number of benzene rings is 2. The highest BCUT2D eigenvalue weighted by Crippen LogP contribution is 2.25. The summed E-state index contributed by atoms with van der Waals surface area (Å²) >= 11 is 0. The van der Waals surface area contributed by atoms with Crippen LogP contribution in [0.4, 0.5) is 5.95 Å². The number of rotatable bonds is 10. The molecular weight excluding hydrogens is 472 g/mol. The Morgan fingerprint density at radius 2 is 1.76 bits per heavy atom. The molecule has 1 heterocycles. The van der Waals surface area contributed by atoms with Gasteiger partial charge in [-0.15, -0.1) is 0 Å².